The second kappa shape index (κ2) is 5.79. The summed E-state index contributed by atoms with van der Waals surface area (Å²) in [7, 11) is 0. The van der Waals surface area contributed by atoms with E-state index in [1.165, 1.54) is 18.2 Å². The molecular formula is C15H21FN2O2. The van der Waals surface area contributed by atoms with E-state index in [-0.39, 0.29) is 12.2 Å². The summed E-state index contributed by atoms with van der Waals surface area (Å²) in [6.07, 6.45) is 3.31. The van der Waals surface area contributed by atoms with Gasteiger partial charge in [0.15, 0.2) is 0 Å². The molecule has 1 fully saturated rings. The highest BCUT2D eigenvalue weighted by molar-refractivity contribution is 5.95. The highest BCUT2D eigenvalue weighted by Gasteiger charge is 2.35. The van der Waals surface area contributed by atoms with Crippen molar-refractivity contribution >= 4 is 11.6 Å². The molecular weight excluding hydrogens is 259 g/mol. The lowest BCUT2D eigenvalue weighted by Gasteiger charge is -2.38. The summed E-state index contributed by atoms with van der Waals surface area (Å²) >= 11 is 0. The number of aliphatic hydroxyl groups excluding tert-OH is 1. The fourth-order valence-corrected chi connectivity index (χ4v) is 2.66. The molecule has 0 heterocycles. The van der Waals surface area contributed by atoms with E-state index in [1.807, 2.05) is 0 Å². The van der Waals surface area contributed by atoms with Crippen molar-refractivity contribution in [2.24, 2.45) is 5.92 Å². The van der Waals surface area contributed by atoms with E-state index in [1.54, 1.807) is 0 Å². The zero-order valence-electron chi connectivity index (χ0n) is 11.7. The third-order valence-corrected chi connectivity index (χ3v) is 4.15. The predicted molar refractivity (Wildman–Crippen MR) is 75.7 cm³/mol. The van der Waals surface area contributed by atoms with Crippen molar-refractivity contribution in [2.45, 2.75) is 38.1 Å². The number of aliphatic hydroxyl groups is 1. The van der Waals surface area contributed by atoms with E-state index >= 15 is 0 Å². The van der Waals surface area contributed by atoms with Crippen molar-refractivity contribution in [3.05, 3.63) is 29.6 Å². The Morgan fingerprint density at radius 3 is 2.75 bits per heavy atom. The maximum Gasteiger partial charge on any atom is 0.254 e. The molecule has 0 atom stereocenters. The fourth-order valence-electron chi connectivity index (χ4n) is 2.66. The number of halogens is 1. The van der Waals surface area contributed by atoms with Crippen molar-refractivity contribution in [1.29, 1.82) is 0 Å². The van der Waals surface area contributed by atoms with Gasteiger partial charge in [-0.05, 0) is 49.8 Å². The average Bonchev–Trinajstić information content (AvgIpc) is 2.44. The number of hydrogen-bond acceptors (Lipinski definition) is 3. The quantitative estimate of drug-likeness (QED) is 0.742. The van der Waals surface area contributed by atoms with Crippen LogP contribution in [0.15, 0.2) is 18.2 Å². The molecule has 1 amide bonds. The molecule has 5 heteroatoms. The second-order valence-corrected chi connectivity index (χ2v) is 5.81. The predicted octanol–water partition coefficient (Wildman–Crippen LogP) is 2.08. The van der Waals surface area contributed by atoms with E-state index in [9.17, 15) is 14.3 Å². The van der Waals surface area contributed by atoms with Gasteiger partial charge in [0.05, 0.1) is 17.7 Å². The van der Waals surface area contributed by atoms with Crippen LogP contribution in [0.25, 0.3) is 0 Å². The summed E-state index contributed by atoms with van der Waals surface area (Å²) in [5.41, 5.74) is 5.21. The third-order valence-electron chi connectivity index (χ3n) is 4.15. The second-order valence-electron chi connectivity index (χ2n) is 5.81. The van der Waals surface area contributed by atoms with Crippen LogP contribution in [0.2, 0.25) is 0 Å². The molecule has 20 heavy (non-hydrogen) atoms. The monoisotopic (exact) mass is 280 g/mol. The zero-order chi connectivity index (χ0) is 14.8. The molecule has 110 valence electrons. The first-order valence-corrected chi connectivity index (χ1v) is 6.94. The number of rotatable bonds is 3. The molecule has 1 aliphatic carbocycles. The van der Waals surface area contributed by atoms with E-state index < -0.39 is 17.3 Å². The Kier molecular flexibility index (Phi) is 4.28. The van der Waals surface area contributed by atoms with Gasteiger partial charge in [-0.15, -0.1) is 0 Å². The van der Waals surface area contributed by atoms with Gasteiger partial charge in [-0.3, -0.25) is 4.79 Å². The van der Waals surface area contributed by atoms with Gasteiger partial charge in [-0.1, -0.05) is 6.92 Å². The Morgan fingerprint density at radius 2 is 2.15 bits per heavy atom. The summed E-state index contributed by atoms with van der Waals surface area (Å²) in [4.78, 5) is 12.2. The van der Waals surface area contributed by atoms with E-state index in [0.29, 0.717) is 24.4 Å². The number of amides is 1. The normalized spacial score (nSPS) is 26.2. The van der Waals surface area contributed by atoms with Crippen LogP contribution < -0.4 is 11.1 Å². The van der Waals surface area contributed by atoms with Crippen LogP contribution in [0.4, 0.5) is 10.1 Å². The van der Waals surface area contributed by atoms with Gasteiger partial charge in [0.2, 0.25) is 0 Å². The van der Waals surface area contributed by atoms with Crippen molar-refractivity contribution < 1.29 is 14.3 Å². The van der Waals surface area contributed by atoms with Crippen LogP contribution in [0, 0.1) is 11.7 Å². The Labute approximate surface area is 118 Å². The first-order valence-electron chi connectivity index (χ1n) is 6.94. The van der Waals surface area contributed by atoms with Gasteiger partial charge in [-0.2, -0.15) is 0 Å². The fraction of sp³-hybridized carbons (Fsp3) is 0.533. The smallest absolute Gasteiger partial charge is 0.254 e. The van der Waals surface area contributed by atoms with Crippen molar-refractivity contribution in [3.8, 4) is 0 Å². The number of hydrogen-bond donors (Lipinski definition) is 3. The topological polar surface area (TPSA) is 75.3 Å². The lowest BCUT2D eigenvalue weighted by Crippen LogP contribution is -2.53. The standard InChI is InChI=1S/C15H21FN2O2/c1-10-4-6-15(9-19,7-5-10)18-14(20)12-8-11(17)2-3-13(12)16/h2-3,8,10,19H,4-7,9,17H2,1H3,(H,18,20). The molecule has 4 nitrogen and oxygen atoms in total. The van der Waals surface area contributed by atoms with Gasteiger partial charge < -0.3 is 16.2 Å². The summed E-state index contributed by atoms with van der Waals surface area (Å²) < 4.78 is 13.7. The van der Waals surface area contributed by atoms with Gasteiger partial charge in [-0.25, -0.2) is 4.39 Å². The molecule has 0 bridgehead atoms. The number of anilines is 1. The van der Waals surface area contributed by atoms with Crippen LogP contribution >= 0.6 is 0 Å². The Hall–Kier alpha value is -1.62. The maximum absolute atomic E-state index is 13.7. The highest BCUT2D eigenvalue weighted by Crippen LogP contribution is 2.32. The van der Waals surface area contributed by atoms with Crippen LogP contribution in [-0.2, 0) is 0 Å². The first-order chi connectivity index (χ1) is 9.46. The number of carbonyl (C=O) groups excluding carboxylic acids is 1. The SMILES string of the molecule is CC1CCC(CO)(NC(=O)c2cc(N)ccc2F)CC1. The van der Waals surface area contributed by atoms with Gasteiger partial charge in [0.25, 0.3) is 5.91 Å². The summed E-state index contributed by atoms with van der Waals surface area (Å²) in [5, 5.41) is 12.4. The number of carbonyl (C=O) groups is 1. The molecule has 0 unspecified atom stereocenters. The molecule has 0 radical (unpaired) electrons. The number of nitrogens with two attached hydrogens (primary N) is 1. The summed E-state index contributed by atoms with van der Waals surface area (Å²) in [6, 6.07) is 3.91. The van der Waals surface area contributed by atoms with Gasteiger partial charge in [0.1, 0.15) is 5.82 Å². The largest absolute Gasteiger partial charge is 0.399 e. The Bertz CT molecular complexity index is 497. The molecule has 1 aromatic rings. The molecule has 0 spiro atoms. The highest BCUT2D eigenvalue weighted by atomic mass is 19.1. The van der Waals surface area contributed by atoms with Crippen molar-refractivity contribution in [1.82, 2.24) is 5.32 Å². The van der Waals surface area contributed by atoms with E-state index in [2.05, 4.69) is 12.2 Å². The summed E-state index contributed by atoms with van der Waals surface area (Å²) in [5.74, 6) is -0.525. The third kappa shape index (κ3) is 3.10. The van der Waals surface area contributed by atoms with Gasteiger partial charge >= 0.3 is 0 Å². The minimum absolute atomic E-state index is 0.0727. The van der Waals surface area contributed by atoms with Crippen LogP contribution in [-0.4, -0.2) is 23.2 Å². The molecule has 4 N–H and O–H groups in total. The van der Waals surface area contributed by atoms with Gasteiger partial charge in [0, 0.05) is 5.69 Å². The molecule has 1 saturated carbocycles. The lowest BCUT2D eigenvalue weighted by atomic mass is 9.77. The molecule has 1 aromatic carbocycles. The summed E-state index contributed by atoms with van der Waals surface area (Å²) in [6.45, 7) is 2.02. The molecule has 0 aromatic heterocycles. The zero-order valence-corrected chi connectivity index (χ0v) is 11.7. The Balaban J connectivity index is 2.15. The molecule has 0 aliphatic heterocycles. The minimum Gasteiger partial charge on any atom is -0.399 e. The first kappa shape index (κ1) is 14.8. The van der Waals surface area contributed by atoms with Crippen LogP contribution in [0.1, 0.15) is 43.0 Å². The number of benzene rings is 1. The number of nitrogen functional groups attached to an aromatic ring is 1. The molecule has 2 rings (SSSR count). The van der Waals surface area contributed by atoms with Crippen LogP contribution in [0.3, 0.4) is 0 Å². The molecule has 1 aliphatic rings. The van der Waals surface area contributed by atoms with Crippen LogP contribution in [0.5, 0.6) is 0 Å². The van der Waals surface area contributed by atoms with Crippen molar-refractivity contribution in [2.75, 3.05) is 12.3 Å². The number of nitrogens with one attached hydrogen (secondary N) is 1. The maximum atomic E-state index is 13.7. The Morgan fingerprint density at radius 1 is 1.50 bits per heavy atom. The molecule has 0 saturated heterocycles. The lowest BCUT2D eigenvalue weighted by molar-refractivity contribution is 0.0713. The average molecular weight is 280 g/mol. The van der Waals surface area contributed by atoms with E-state index in [0.717, 1.165) is 12.8 Å². The minimum atomic E-state index is -0.638. The van der Waals surface area contributed by atoms with Crippen molar-refractivity contribution in [3.63, 3.8) is 0 Å². The van der Waals surface area contributed by atoms with E-state index in [4.69, 9.17) is 5.73 Å².